The highest BCUT2D eigenvalue weighted by Crippen LogP contribution is 2.18. The van der Waals surface area contributed by atoms with Crippen molar-refractivity contribution in [2.24, 2.45) is 0 Å². The van der Waals surface area contributed by atoms with E-state index >= 15 is 0 Å². The van der Waals surface area contributed by atoms with Crippen LogP contribution in [-0.2, 0) is 4.79 Å². The van der Waals surface area contributed by atoms with E-state index in [4.69, 9.17) is 21.5 Å². The number of imidazole rings is 1. The number of hydrogen-bond donors (Lipinski definition) is 3. The normalized spacial score (nSPS) is 13.1. The summed E-state index contributed by atoms with van der Waals surface area (Å²) in [5, 5.41) is 21.4. The number of aromatic nitrogens is 3. The number of nitrogens with one attached hydrogen (secondary N) is 1. The van der Waals surface area contributed by atoms with Gasteiger partial charge in [-0.3, -0.25) is 4.57 Å². The summed E-state index contributed by atoms with van der Waals surface area (Å²) in [4.78, 5) is 17.4. The van der Waals surface area contributed by atoms with Gasteiger partial charge in [0, 0.05) is 36.2 Å². The predicted molar refractivity (Wildman–Crippen MR) is 108 cm³/mol. The Morgan fingerprint density at radius 2 is 1.81 bits per heavy atom. The zero-order chi connectivity index (χ0) is 23.0. The summed E-state index contributed by atoms with van der Waals surface area (Å²) in [5.41, 5.74) is 1.90. The summed E-state index contributed by atoms with van der Waals surface area (Å²) < 4.78 is 33.6. The third kappa shape index (κ3) is 7.67. The molecule has 3 N–H and O–H groups in total. The lowest BCUT2D eigenvalue weighted by atomic mass is 10.1. The maximum absolute atomic E-state index is 10.6. The minimum absolute atomic E-state index is 0.0799. The molecule has 0 spiro atoms. The van der Waals surface area contributed by atoms with E-state index in [1.54, 1.807) is 24.7 Å². The first-order chi connectivity index (χ1) is 14.6. The van der Waals surface area contributed by atoms with Crippen molar-refractivity contribution in [2.75, 3.05) is 6.54 Å². The number of aliphatic carboxylic acids is 1. The number of carboxylic acid groups (broad SMARTS) is 1. The zero-order valence-electron chi connectivity index (χ0n) is 16.3. The molecular weight excluding hydrogens is 437 g/mol. The van der Waals surface area contributed by atoms with Crippen LogP contribution < -0.4 is 5.32 Å². The first kappa shape index (κ1) is 24.3. The van der Waals surface area contributed by atoms with E-state index in [9.17, 15) is 18.3 Å². The molecule has 0 fully saturated rings. The highest BCUT2D eigenvalue weighted by molar-refractivity contribution is 6.30. The number of aliphatic hydroxyl groups excluding tert-OH is 1. The number of benzene rings is 1. The maximum Gasteiger partial charge on any atom is 0.490 e. The largest absolute Gasteiger partial charge is 0.490 e. The summed E-state index contributed by atoms with van der Waals surface area (Å²) in [6.45, 7) is 2.49. The van der Waals surface area contributed by atoms with Crippen LogP contribution in [0, 0.1) is 0 Å². The lowest BCUT2D eigenvalue weighted by molar-refractivity contribution is -0.192. The van der Waals surface area contributed by atoms with Crippen LogP contribution in [0.15, 0.2) is 61.3 Å². The molecule has 3 rings (SSSR count). The molecule has 0 aliphatic rings. The zero-order valence-corrected chi connectivity index (χ0v) is 17.0. The van der Waals surface area contributed by atoms with Crippen molar-refractivity contribution in [3.63, 3.8) is 0 Å². The van der Waals surface area contributed by atoms with E-state index in [0.29, 0.717) is 11.6 Å². The van der Waals surface area contributed by atoms with Crippen LogP contribution in [-0.4, -0.2) is 43.4 Å². The van der Waals surface area contributed by atoms with Gasteiger partial charge in [-0.25, -0.2) is 14.8 Å². The van der Waals surface area contributed by atoms with E-state index in [0.717, 1.165) is 16.9 Å². The van der Waals surface area contributed by atoms with Crippen molar-refractivity contribution >= 4 is 17.6 Å². The summed E-state index contributed by atoms with van der Waals surface area (Å²) in [7, 11) is 0. The van der Waals surface area contributed by atoms with Gasteiger partial charge in [-0.15, -0.1) is 0 Å². The lowest BCUT2D eigenvalue weighted by Gasteiger charge is -2.18. The first-order valence-electron chi connectivity index (χ1n) is 8.99. The average Bonchev–Trinajstić information content (AvgIpc) is 3.27. The third-order valence-electron chi connectivity index (χ3n) is 4.15. The Balaban J connectivity index is 0.000000423. The molecule has 0 aliphatic heterocycles. The van der Waals surface area contributed by atoms with Gasteiger partial charge < -0.3 is 15.5 Å². The monoisotopic (exact) mass is 456 g/mol. The fraction of sp³-hybridized carbons (Fsp3) is 0.250. The number of aliphatic hydroxyl groups is 1. The standard InChI is InChI=1S/C18H19ClN4O.C2HF3O2/c1-13(21-11-17(24)14-2-5-16(19)6-3-14)15-4-7-18(22-10-15)23-9-8-20-12-23;3-2(4,5)1(6)7/h2-10,12-13,17,21,24H,11H2,1H3;(H,6,7)/t13?,17-;/m0./s1. The molecule has 0 aliphatic carbocycles. The number of pyridine rings is 1. The molecule has 2 aromatic heterocycles. The van der Waals surface area contributed by atoms with Crippen LogP contribution in [0.25, 0.3) is 5.82 Å². The molecule has 0 saturated carbocycles. The third-order valence-corrected chi connectivity index (χ3v) is 4.41. The van der Waals surface area contributed by atoms with Gasteiger partial charge in [-0.05, 0) is 36.2 Å². The van der Waals surface area contributed by atoms with E-state index < -0.39 is 18.2 Å². The molecule has 31 heavy (non-hydrogen) atoms. The SMILES string of the molecule is CC(NC[C@H](O)c1ccc(Cl)cc1)c1ccc(-n2ccnc2)nc1.O=C(O)C(F)(F)F. The minimum Gasteiger partial charge on any atom is -0.475 e. The van der Waals surface area contributed by atoms with Crippen molar-refractivity contribution in [1.82, 2.24) is 19.9 Å². The van der Waals surface area contributed by atoms with Crippen LogP contribution in [0.4, 0.5) is 13.2 Å². The predicted octanol–water partition coefficient (Wildman–Crippen LogP) is 3.94. The van der Waals surface area contributed by atoms with Crippen LogP contribution >= 0.6 is 11.6 Å². The van der Waals surface area contributed by atoms with Gasteiger partial charge in [0.05, 0.1) is 6.10 Å². The van der Waals surface area contributed by atoms with Gasteiger partial charge in [0.25, 0.3) is 0 Å². The van der Waals surface area contributed by atoms with E-state index in [2.05, 4.69) is 15.3 Å². The first-order valence-corrected chi connectivity index (χ1v) is 9.37. The van der Waals surface area contributed by atoms with Gasteiger partial charge in [-0.1, -0.05) is 29.8 Å². The Morgan fingerprint density at radius 3 is 2.29 bits per heavy atom. The average molecular weight is 457 g/mol. The van der Waals surface area contributed by atoms with Crippen LogP contribution in [0.1, 0.15) is 30.2 Å². The fourth-order valence-corrected chi connectivity index (χ4v) is 2.54. The van der Waals surface area contributed by atoms with E-state index in [1.807, 2.05) is 48.1 Å². The summed E-state index contributed by atoms with van der Waals surface area (Å²) in [6, 6.07) is 11.3. The van der Waals surface area contributed by atoms with Crippen molar-refractivity contribution in [2.45, 2.75) is 25.2 Å². The molecule has 1 unspecified atom stereocenters. The van der Waals surface area contributed by atoms with Crippen LogP contribution in [0.5, 0.6) is 0 Å². The Bertz CT molecular complexity index is 949. The smallest absolute Gasteiger partial charge is 0.475 e. The Hall–Kier alpha value is -2.95. The van der Waals surface area contributed by atoms with Gasteiger partial charge in [0.2, 0.25) is 0 Å². The van der Waals surface area contributed by atoms with Crippen molar-refractivity contribution < 1.29 is 28.2 Å². The summed E-state index contributed by atoms with van der Waals surface area (Å²) in [6.07, 6.45) is 1.46. The molecule has 0 saturated heterocycles. The Morgan fingerprint density at radius 1 is 1.19 bits per heavy atom. The van der Waals surface area contributed by atoms with Gasteiger partial charge in [0.1, 0.15) is 12.1 Å². The van der Waals surface area contributed by atoms with E-state index in [1.165, 1.54) is 0 Å². The van der Waals surface area contributed by atoms with E-state index in [-0.39, 0.29) is 6.04 Å². The van der Waals surface area contributed by atoms with Crippen LogP contribution in [0.2, 0.25) is 5.02 Å². The molecule has 11 heteroatoms. The topological polar surface area (TPSA) is 100 Å². The van der Waals surface area contributed by atoms with Crippen molar-refractivity contribution in [3.05, 3.63) is 77.5 Å². The second kappa shape index (κ2) is 10.9. The molecule has 7 nitrogen and oxygen atoms in total. The molecule has 2 atom stereocenters. The number of halogens is 4. The molecule has 1 aromatic carbocycles. The Kier molecular flexibility index (Phi) is 8.55. The second-order valence-electron chi connectivity index (χ2n) is 6.42. The molecule has 0 bridgehead atoms. The summed E-state index contributed by atoms with van der Waals surface area (Å²) >= 11 is 5.86. The molecule has 166 valence electrons. The highest BCUT2D eigenvalue weighted by Gasteiger charge is 2.38. The van der Waals surface area contributed by atoms with Crippen molar-refractivity contribution in [1.29, 1.82) is 0 Å². The van der Waals surface area contributed by atoms with Gasteiger partial charge >= 0.3 is 12.1 Å². The fourth-order valence-electron chi connectivity index (χ4n) is 2.41. The quantitative estimate of drug-likeness (QED) is 0.519. The van der Waals surface area contributed by atoms with Crippen molar-refractivity contribution in [3.8, 4) is 5.82 Å². The number of carboxylic acids is 1. The molecular formula is C20H20ClF3N4O3. The van der Waals surface area contributed by atoms with Gasteiger partial charge in [0.15, 0.2) is 0 Å². The maximum atomic E-state index is 10.6. The molecule has 0 radical (unpaired) electrons. The highest BCUT2D eigenvalue weighted by atomic mass is 35.5. The van der Waals surface area contributed by atoms with Gasteiger partial charge in [-0.2, -0.15) is 13.2 Å². The summed E-state index contributed by atoms with van der Waals surface area (Å²) in [5.74, 6) is -1.93. The molecule has 0 amide bonds. The lowest BCUT2D eigenvalue weighted by Crippen LogP contribution is -2.24. The number of alkyl halides is 3. The number of rotatable bonds is 6. The number of nitrogens with zero attached hydrogens (tertiary/aromatic N) is 3. The number of carbonyl (C=O) groups is 1. The molecule has 3 aromatic rings. The van der Waals surface area contributed by atoms with Crippen LogP contribution in [0.3, 0.4) is 0 Å². The second-order valence-corrected chi connectivity index (χ2v) is 6.86. The molecule has 2 heterocycles. The Labute approximate surface area is 181 Å². The number of hydrogen-bond acceptors (Lipinski definition) is 5. The minimum atomic E-state index is -5.08.